The molecule has 0 aliphatic carbocycles. The van der Waals surface area contributed by atoms with Gasteiger partial charge >= 0.3 is 5.97 Å². The second-order valence-corrected chi connectivity index (χ2v) is 14.0. The number of rotatable bonds is 10. The van der Waals surface area contributed by atoms with Gasteiger partial charge in [0.05, 0.1) is 57.3 Å². The number of hydrogen-bond acceptors (Lipinski definition) is 11. The van der Waals surface area contributed by atoms with E-state index in [1.807, 2.05) is 26.8 Å². The number of halogens is 1. The second kappa shape index (κ2) is 15.1. The number of carbonyl (C=O) groups excluding carboxylic acids is 1. The van der Waals surface area contributed by atoms with E-state index < -0.39 is 11.6 Å². The Morgan fingerprint density at radius 2 is 2.06 bits per heavy atom. The smallest absolute Gasteiger partial charge is 0.341 e. The monoisotopic (exact) mass is 713 g/mol. The van der Waals surface area contributed by atoms with Crippen LogP contribution in [0.25, 0.3) is 38.3 Å². The van der Waals surface area contributed by atoms with Crippen LogP contribution >= 0.6 is 22.9 Å². The van der Waals surface area contributed by atoms with Crippen molar-refractivity contribution in [2.24, 2.45) is 0 Å². The van der Waals surface area contributed by atoms with Crippen LogP contribution in [0.1, 0.15) is 67.5 Å². The molecule has 13 heteroatoms. The fraction of sp³-hybridized carbons (Fsp3) is 0.351. The molecule has 5 heterocycles. The van der Waals surface area contributed by atoms with Gasteiger partial charge in [-0.3, -0.25) is 19.3 Å². The third-order valence-electron chi connectivity index (χ3n) is 8.00. The number of fused-ring (bicyclic) bond motifs is 2. The van der Waals surface area contributed by atoms with Crippen LogP contribution in [0.2, 0.25) is 5.02 Å². The largest absolute Gasteiger partial charge is 0.491 e. The van der Waals surface area contributed by atoms with E-state index in [4.69, 9.17) is 30.5 Å². The molecule has 1 saturated heterocycles. The summed E-state index contributed by atoms with van der Waals surface area (Å²) in [6.07, 6.45) is 9.28. The highest BCUT2D eigenvalue weighted by Gasteiger charge is 2.24. The minimum absolute atomic E-state index is 0.116. The van der Waals surface area contributed by atoms with Crippen molar-refractivity contribution in [3.05, 3.63) is 86.1 Å². The first-order chi connectivity index (χ1) is 24.0. The number of benzene rings is 1. The van der Waals surface area contributed by atoms with Gasteiger partial charge in [0.15, 0.2) is 6.29 Å². The zero-order valence-electron chi connectivity index (χ0n) is 28.2. The summed E-state index contributed by atoms with van der Waals surface area (Å²) in [4.78, 5) is 40.2. The Labute approximate surface area is 298 Å². The van der Waals surface area contributed by atoms with Gasteiger partial charge in [0.1, 0.15) is 29.9 Å². The number of thiophene rings is 1. The van der Waals surface area contributed by atoms with E-state index >= 15 is 0 Å². The summed E-state index contributed by atoms with van der Waals surface area (Å²) in [5, 5.41) is 12.5. The number of aryl methyl sites for hydroxylation is 1. The molecular formula is C37H36ClN5O6S. The quantitative estimate of drug-likeness (QED) is 0.134. The fourth-order valence-corrected chi connectivity index (χ4v) is 6.91. The molecule has 1 fully saturated rings. The van der Waals surface area contributed by atoms with E-state index in [9.17, 15) is 14.9 Å². The normalized spacial score (nSPS) is 15.1. The molecule has 4 aromatic heterocycles. The van der Waals surface area contributed by atoms with E-state index in [1.165, 1.54) is 22.1 Å². The molecule has 0 spiro atoms. The van der Waals surface area contributed by atoms with Crippen LogP contribution < -0.4 is 10.3 Å². The van der Waals surface area contributed by atoms with Crippen molar-refractivity contribution >= 4 is 56.1 Å². The molecule has 258 valence electrons. The van der Waals surface area contributed by atoms with E-state index in [2.05, 4.69) is 21.0 Å². The van der Waals surface area contributed by atoms with E-state index in [0.29, 0.717) is 51.1 Å². The molecule has 0 radical (unpaired) electrons. The lowest BCUT2D eigenvalue weighted by Crippen LogP contribution is -2.27. The van der Waals surface area contributed by atoms with Gasteiger partial charge in [0, 0.05) is 34.3 Å². The van der Waals surface area contributed by atoms with Gasteiger partial charge in [-0.15, -0.1) is 11.3 Å². The molecule has 0 saturated carbocycles. The molecule has 1 aromatic carbocycles. The van der Waals surface area contributed by atoms with Crippen molar-refractivity contribution in [1.29, 1.82) is 5.26 Å². The maximum atomic E-state index is 13.8. The average Bonchev–Trinajstić information content (AvgIpc) is 3.53. The molecule has 1 atom stereocenters. The molecule has 0 N–H and O–H groups in total. The van der Waals surface area contributed by atoms with E-state index in [1.54, 1.807) is 48.9 Å². The summed E-state index contributed by atoms with van der Waals surface area (Å²) in [6, 6.07) is 9.28. The number of nitrogens with zero attached hydrogens (tertiary/aromatic N) is 5. The second-order valence-electron chi connectivity index (χ2n) is 12.7. The number of ether oxygens (including phenoxy) is 4. The number of pyridine rings is 2. The number of nitriles is 1. The Kier molecular flexibility index (Phi) is 10.6. The van der Waals surface area contributed by atoms with Crippen molar-refractivity contribution < 1.29 is 23.7 Å². The van der Waals surface area contributed by atoms with E-state index in [0.717, 1.165) is 29.5 Å². The van der Waals surface area contributed by atoms with Crippen LogP contribution in [0.4, 0.5) is 0 Å². The predicted molar refractivity (Wildman–Crippen MR) is 193 cm³/mol. The molecule has 1 aliphatic rings. The summed E-state index contributed by atoms with van der Waals surface area (Å²) in [7, 11) is 0. The summed E-state index contributed by atoms with van der Waals surface area (Å²) in [6.45, 7) is 8.44. The van der Waals surface area contributed by atoms with E-state index in [-0.39, 0.29) is 42.6 Å². The molecule has 50 heavy (non-hydrogen) atoms. The van der Waals surface area contributed by atoms with Crippen molar-refractivity contribution in [2.75, 3.05) is 19.8 Å². The zero-order valence-corrected chi connectivity index (χ0v) is 29.8. The number of hydrogen-bond donors (Lipinski definition) is 0. The van der Waals surface area contributed by atoms with Gasteiger partial charge < -0.3 is 18.9 Å². The maximum Gasteiger partial charge on any atom is 0.341 e. The van der Waals surface area contributed by atoms with Crippen LogP contribution in [0.15, 0.2) is 52.9 Å². The molecule has 6 rings (SSSR count). The maximum absolute atomic E-state index is 13.8. The number of esters is 1. The average molecular weight is 714 g/mol. The first kappa shape index (κ1) is 35.2. The first-order valence-corrected chi connectivity index (χ1v) is 17.5. The van der Waals surface area contributed by atoms with Crippen LogP contribution in [0.5, 0.6) is 5.75 Å². The predicted octanol–water partition coefficient (Wildman–Crippen LogP) is 7.49. The van der Waals surface area contributed by atoms with Crippen molar-refractivity contribution in [3.8, 4) is 22.9 Å². The Hall–Kier alpha value is -4.67. The molecule has 0 bridgehead atoms. The lowest BCUT2D eigenvalue weighted by atomic mass is 10.0. The molecule has 1 aliphatic heterocycles. The Morgan fingerprint density at radius 3 is 2.82 bits per heavy atom. The highest BCUT2D eigenvalue weighted by molar-refractivity contribution is 7.18. The van der Waals surface area contributed by atoms with Gasteiger partial charge in [-0.1, -0.05) is 17.7 Å². The zero-order chi connectivity index (χ0) is 35.4. The van der Waals surface area contributed by atoms with Gasteiger partial charge in [-0.05, 0) is 77.3 Å². The van der Waals surface area contributed by atoms with Crippen LogP contribution in [-0.2, 0) is 20.8 Å². The van der Waals surface area contributed by atoms with Crippen molar-refractivity contribution in [3.63, 3.8) is 0 Å². The summed E-state index contributed by atoms with van der Waals surface area (Å²) < 4.78 is 25.5. The Morgan fingerprint density at radius 1 is 1.22 bits per heavy atom. The molecule has 5 aromatic rings. The molecule has 0 amide bonds. The Balaban J connectivity index is 1.24. The summed E-state index contributed by atoms with van der Waals surface area (Å²) >= 11 is 7.83. The first-order valence-electron chi connectivity index (χ1n) is 16.3. The number of aromatic nitrogens is 4. The van der Waals surface area contributed by atoms with Gasteiger partial charge in [0.25, 0.3) is 5.56 Å². The standard InChI is InChI=1S/C37H36ClN5O6S/c1-22-42-29-20-41-28(8-7-16-48-31-9-5-6-15-47-31)26(19-39)32(29)35(44)43(22)14-17-46-30-11-10-23(38)18-25(30)24-12-13-40-33-27(21-50-34(24)33)36(45)49-37(2,3)4/h7-8,10-13,18,20-21,31H,5-6,9,14-17H2,1-4H3/b8-7+. The third-order valence-corrected chi connectivity index (χ3v) is 9.24. The number of carbonyl (C=O) groups is 1. The Bertz CT molecular complexity index is 2190. The lowest BCUT2D eigenvalue weighted by Gasteiger charge is -2.21. The van der Waals surface area contributed by atoms with Crippen LogP contribution in [-0.4, -0.2) is 57.2 Å². The SMILES string of the molecule is Cc1nc2cnc(/C=C/COC3CCCCO3)c(C#N)c2c(=O)n1CCOc1ccc(Cl)cc1-c1ccnc2c(C(=O)OC(C)(C)C)csc12. The minimum Gasteiger partial charge on any atom is -0.491 e. The fourth-order valence-electron chi connectivity index (χ4n) is 5.71. The van der Waals surface area contributed by atoms with Crippen LogP contribution in [0, 0.1) is 18.3 Å². The highest BCUT2D eigenvalue weighted by atomic mass is 35.5. The van der Waals surface area contributed by atoms with Crippen LogP contribution in [0.3, 0.4) is 0 Å². The molecular weight excluding hydrogens is 678 g/mol. The van der Waals surface area contributed by atoms with Gasteiger partial charge in [0.2, 0.25) is 0 Å². The highest BCUT2D eigenvalue weighted by Crippen LogP contribution is 2.40. The summed E-state index contributed by atoms with van der Waals surface area (Å²) in [5.74, 6) is 0.545. The lowest BCUT2D eigenvalue weighted by molar-refractivity contribution is -0.155. The molecule has 11 nitrogen and oxygen atoms in total. The van der Waals surface area contributed by atoms with Crippen molar-refractivity contribution in [2.45, 2.75) is 65.4 Å². The third kappa shape index (κ3) is 7.71. The summed E-state index contributed by atoms with van der Waals surface area (Å²) in [5.41, 5.74) is 2.24. The minimum atomic E-state index is -0.649. The molecule has 1 unspecified atom stereocenters. The van der Waals surface area contributed by atoms with Gasteiger partial charge in [-0.25, -0.2) is 9.78 Å². The topological polar surface area (TPSA) is 138 Å². The van der Waals surface area contributed by atoms with Gasteiger partial charge in [-0.2, -0.15) is 5.26 Å². The van der Waals surface area contributed by atoms with Crippen molar-refractivity contribution in [1.82, 2.24) is 19.5 Å².